The van der Waals surface area contributed by atoms with Gasteiger partial charge in [-0.15, -0.1) is 0 Å². The molecule has 1 rings (SSSR count). The standard InChI is InChI=1S/C13H20N2O/c1-9(12(14)15)16-11-7-5-10(6-8-11)13(2,3)4/h5-9H,1-4H3,(H3,14,15). The molecule has 3 nitrogen and oxygen atoms in total. The van der Waals surface area contributed by atoms with E-state index in [2.05, 4.69) is 20.8 Å². The van der Waals surface area contributed by atoms with Crippen LogP contribution in [0.25, 0.3) is 0 Å². The molecule has 0 saturated heterocycles. The molecule has 3 heteroatoms. The number of hydrogen-bond acceptors (Lipinski definition) is 2. The van der Waals surface area contributed by atoms with Gasteiger partial charge in [-0.3, -0.25) is 5.41 Å². The smallest absolute Gasteiger partial charge is 0.152 e. The summed E-state index contributed by atoms with van der Waals surface area (Å²) >= 11 is 0. The van der Waals surface area contributed by atoms with Crippen LogP contribution in [0.1, 0.15) is 33.3 Å². The molecule has 0 spiro atoms. The van der Waals surface area contributed by atoms with Crippen molar-refractivity contribution in [3.63, 3.8) is 0 Å². The lowest BCUT2D eigenvalue weighted by Crippen LogP contribution is -2.30. The highest BCUT2D eigenvalue weighted by Gasteiger charge is 2.13. The highest BCUT2D eigenvalue weighted by molar-refractivity contribution is 5.81. The molecule has 88 valence electrons. The molecule has 1 aromatic rings. The van der Waals surface area contributed by atoms with Crippen molar-refractivity contribution in [1.82, 2.24) is 0 Å². The van der Waals surface area contributed by atoms with Gasteiger partial charge in [0.15, 0.2) is 6.10 Å². The summed E-state index contributed by atoms with van der Waals surface area (Å²) in [5, 5.41) is 7.24. The molecule has 0 radical (unpaired) electrons. The maximum Gasteiger partial charge on any atom is 0.152 e. The molecular weight excluding hydrogens is 200 g/mol. The number of ether oxygens (including phenoxy) is 1. The van der Waals surface area contributed by atoms with Gasteiger partial charge in [0.05, 0.1) is 0 Å². The van der Waals surface area contributed by atoms with E-state index in [0.29, 0.717) is 0 Å². The summed E-state index contributed by atoms with van der Waals surface area (Å²) in [7, 11) is 0. The van der Waals surface area contributed by atoms with Crippen molar-refractivity contribution in [3.8, 4) is 5.75 Å². The van der Waals surface area contributed by atoms with E-state index >= 15 is 0 Å². The topological polar surface area (TPSA) is 59.1 Å². The molecule has 0 fully saturated rings. The van der Waals surface area contributed by atoms with Crippen molar-refractivity contribution in [3.05, 3.63) is 29.8 Å². The fourth-order valence-corrected chi connectivity index (χ4v) is 1.30. The summed E-state index contributed by atoms with van der Waals surface area (Å²) < 4.78 is 5.49. The third-order valence-corrected chi connectivity index (χ3v) is 2.47. The Bertz CT molecular complexity index is 363. The SMILES string of the molecule is CC(Oc1ccc(C(C)(C)C)cc1)C(=N)N. The van der Waals surface area contributed by atoms with Gasteiger partial charge in [0.2, 0.25) is 0 Å². The molecule has 0 aliphatic rings. The largest absolute Gasteiger partial charge is 0.483 e. The van der Waals surface area contributed by atoms with E-state index in [1.807, 2.05) is 24.3 Å². The van der Waals surface area contributed by atoms with Crippen LogP contribution in [0.4, 0.5) is 0 Å². The quantitative estimate of drug-likeness (QED) is 0.607. The Morgan fingerprint density at radius 3 is 2.12 bits per heavy atom. The van der Waals surface area contributed by atoms with Crippen molar-refractivity contribution in [2.24, 2.45) is 5.73 Å². The van der Waals surface area contributed by atoms with E-state index in [1.54, 1.807) is 6.92 Å². The van der Waals surface area contributed by atoms with Crippen LogP contribution < -0.4 is 10.5 Å². The molecule has 0 aromatic heterocycles. The maximum absolute atomic E-state index is 7.24. The molecule has 0 aliphatic heterocycles. The van der Waals surface area contributed by atoms with E-state index in [9.17, 15) is 0 Å². The molecule has 0 amide bonds. The minimum Gasteiger partial charge on any atom is -0.483 e. The molecule has 1 unspecified atom stereocenters. The van der Waals surface area contributed by atoms with Gasteiger partial charge in [0.25, 0.3) is 0 Å². The number of amidine groups is 1. The van der Waals surface area contributed by atoms with Gasteiger partial charge in [-0.25, -0.2) is 0 Å². The first-order valence-corrected chi connectivity index (χ1v) is 5.42. The summed E-state index contributed by atoms with van der Waals surface area (Å²) in [6.07, 6.45) is -0.375. The van der Waals surface area contributed by atoms with Crippen molar-refractivity contribution in [2.45, 2.75) is 39.2 Å². The van der Waals surface area contributed by atoms with Gasteiger partial charge < -0.3 is 10.5 Å². The molecule has 0 aliphatic carbocycles. The van der Waals surface area contributed by atoms with Crippen LogP contribution in [-0.2, 0) is 5.41 Å². The normalized spacial score (nSPS) is 13.2. The van der Waals surface area contributed by atoms with Crippen LogP contribution in [0.3, 0.4) is 0 Å². The Labute approximate surface area is 97.1 Å². The second-order valence-corrected chi connectivity index (χ2v) is 4.99. The molecule has 16 heavy (non-hydrogen) atoms. The van der Waals surface area contributed by atoms with Crippen molar-refractivity contribution in [2.75, 3.05) is 0 Å². The first-order valence-electron chi connectivity index (χ1n) is 5.42. The minimum absolute atomic E-state index is 0.0416. The third-order valence-electron chi connectivity index (χ3n) is 2.47. The molecule has 0 saturated carbocycles. The summed E-state index contributed by atoms with van der Waals surface area (Å²) in [5.74, 6) is 0.788. The maximum atomic E-state index is 7.24. The summed E-state index contributed by atoms with van der Waals surface area (Å²) in [6.45, 7) is 8.27. The summed E-state index contributed by atoms with van der Waals surface area (Å²) in [6, 6.07) is 7.92. The minimum atomic E-state index is -0.375. The number of hydrogen-bond donors (Lipinski definition) is 2. The van der Waals surface area contributed by atoms with Gasteiger partial charge in [0, 0.05) is 0 Å². The van der Waals surface area contributed by atoms with Crippen LogP contribution in [0, 0.1) is 5.41 Å². The van der Waals surface area contributed by atoms with Crippen LogP contribution in [0.5, 0.6) is 5.75 Å². The van der Waals surface area contributed by atoms with E-state index in [1.165, 1.54) is 5.56 Å². The lowest BCUT2D eigenvalue weighted by molar-refractivity contribution is 0.284. The van der Waals surface area contributed by atoms with Gasteiger partial charge in [0.1, 0.15) is 11.6 Å². The van der Waals surface area contributed by atoms with Gasteiger partial charge in [-0.05, 0) is 30.0 Å². The Hall–Kier alpha value is -1.51. The number of nitrogens with two attached hydrogens (primary N) is 1. The Kier molecular flexibility index (Phi) is 3.58. The van der Waals surface area contributed by atoms with E-state index < -0.39 is 0 Å². The Balaban J connectivity index is 2.76. The third kappa shape index (κ3) is 3.26. The van der Waals surface area contributed by atoms with E-state index in [4.69, 9.17) is 15.9 Å². The Morgan fingerprint density at radius 2 is 1.75 bits per heavy atom. The van der Waals surface area contributed by atoms with Gasteiger partial charge in [-0.2, -0.15) is 0 Å². The van der Waals surface area contributed by atoms with Crippen LogP contribution in [0.2, 0.25) is 0 Å². The van der Waals surface area contributed by atoms with Crippen molar-refractivity contribution < 1.29 is 4.74 Å². The average molecular weight is 220 g/mol. The molecule has 1 aromatic carbocycles. The lowest BCUT2D eigenvalue weighted by Gasteiger charge is -2.20. The van der Waals surface area contributed by atoms with Crippen LogP contribution >= 0.6 is 0 Å². The lowest BCUT2D eigenvalue weighted by atomic mass is 9.87. The zero-order chi connectivity index (χ0) is 12.3. The average Bonchev–Trinajstić information content (AvgIpc) is 2.17. The number of benzene rings is 1. The summed E-state index contributed by atoms with van der Waals surface area (Å²) in [5.41, 5.74) is 6.74. The second-order valence-electron chi connectivity index (χ2n) is 4.99. The molecule has 0 bridgehead atoms. The van der Waals surface area contributed by atoms with E-state index in [0.717, 1.165) is 5.75 Å². The second kappa shape index (κ2) is 4.56. The zero-order valence-corrected chi connectivity index (χ0v) is 10.4. The van der Waals surface area contributed by atoms with Crippen LogP contribution in [-0.4, -0.2) is 11.9 Å². The summed E-state index contributed by atoms with van der Waals surface area (Å²) in [4.78, 5) is 0. The molecule has 0 heterocycles. The van der Waals surface area contributed by atoms with Crippen molar-refractivity contribution >= 4 is 5.84 Å². The fraction of sp³-hybridized carbons (Fsp3) is 0.462. The highest BCUT2D eigenvalue weighted by atomic mass is 16.5. The monoisotopic (exact) mass is 220 g/mol. The number of nitrogens with one attached hydrogen (secondary N) is 1. The molecule has 1 atom stereocenters. The molecule has 3 N–H and O–H groups in total. The number of rotatable bonds is 3. The van der Waals surface area contributed by atoms with Gasteiger partial charge >= 0.3 is 0 Å². The zero-order valence-electron chi connectivity index (χ0n) is 10.4. The van der Waals surface area contributed by atoms with Crippen LogP contribution in [0.15, 0.2) is 24.3 Å². The molecular formula is C13H20N2O. The highest BCUT2D eigenvalue weighted by Crippen LogP contribution is 2.24. The fourth-order valence-electron chi connectivity index (χ4n) is 1.30. The predicted molar refractivity (Wildman–Crippen MR) is 67.1 cm³/mol. The van der Waals surface area contributed by atoms with Gasteiger partial charge in [-0.1, -0.05) is 32.9 Å². The Morgan fingerprint density at radius 1 is 1.25 bits per heavy atom. The predicted octanol–water partition coefficient (Wildman–Crippen LogP) is 2.69. The first-order chi connectivity index (χ1) is 7.30. The van der Waals surface area contributed by atoms with Crippen molar-refractivity contribution in [1.29, 1.82) is 5.41 Å². The first kappa shape index (κ1) is 12.6. The van der Waals surface area contributed by atoms with E-state index in [-0.39, 0.29) is 17.4 Å².